The fourth-order valence-electron chi connectivity index (χ4n) is 2.89. The van der Waals surface area contributed by atoms with Gasteiger partial charge in [-0.25, -0.2) is 14.8 Å². The quantitative estimate of drug-likeness (QED) is 0.709. The van der Waals surface area contributed by atoms with Gasteiger partial charge in [-0.05, 0) is 30.3 Å². The number of ether oxygens (including phenoxy) is 1. The Bertz CT molecular complexity index is 743. The first kappa shape index (κ1) is 17.8. The molecule has 2 aromatic rings. The second-order valence-electron chi connectivity index (χ2n) is 6.08. The van der Waals surface area contributed by atoms with Gasteiger partial charge in [0, 0.05) is 18.1 Å². The Kier molecular flexibility index (Phi) is 5.75. The van der Waals surface area contributed by atoms with Crippen LogP contribution in [-0.2, 0) is 9.53 Å². The number of carbonyl (C=O) groups excluding carboxylic acids is 2. The highest BCUT2D eigenvalue weighted by Crippen LogP contribution is 2.10. The Morgan fingerprint density at radius 2 is 1.81 bits per heavy atom. The molecule has 0 bridgehead atoms. The summed E-state index contributed by atoms with van der Waals surface area (Å²) in [5, 5.41) is 2.87. The standard InChI is InChI=1S/C18H21N5O3/c1-26-17(25)14-3-5-15(6-4-14)21-16(24)13-22-9-11-23(12-10-22)18-19-7-2-8-20-18/h2-8H,9-13H2,1H3,(H,21,24)/p+1. The van der Waals surface area contributed by atoms with Crippen LogP contribution in [0.15, 0.2) is 42.7 Å². The zero-order valence-corrected chi connectivity index (χ0v) is 14.6. The molecule has 0 aliphatic carbocycles. The van der Waals surface area contributed by atoms with Crippen LogP contribution in [0.25, 0.3) is 0 Å². The summed E-state index contributed by atoms with van der Waals surface area (Å²) in [6.45, 7) is 3.75. The SMILES string of the molecule is COC(=O)c1ccc(NC(=O)C[NH+]2CCN(c3ncccn3)CC2)cc1. The first-order valence-electron chi connectivity index (χ1n) is 8.49. The molecule has 1 saturated heterocycles. The molecule has 1 aliphatic rings. The number of esters is 1. The number of amides is 1. The molecular formula is C18H22N5O3+. The average molecular weight is 356 g/mol. The summed E-state index contributed by atoms with van der Waals surface area (Å²) in [5.41, 5.74) is 1.12. The van der Waals surface area contributed by atoms with Gasteiger partial charge in [0.2, 0.25) is 5.95 Å². The van der Waals surface area contributed by atoms with Gasteiger partial charge in [-0.3, -0.25) is 4.79 Å². The molecule has 1 fully saturated rings. The van der Waals surface area contributed by atoms with Crippen LogP contribution in [0, 0.1) is 0 Å². The minimum absolute atomic E-state index is 0.0461. The number of anilines is 2. The third-order valence-corrected chi connectivity index (χ3v) is 4.31. The van der Waals surface area contributed by atoms with E-state index in [1.165, 1.54) is 12.0 Å². The van der Waals surface area contributed by atoms with Crippen LogP contribution in [0.2, 0.25) is 0 Å². The summed E-state index contributed by atoms with van der Waals surface area (Å²) in [4.78, 5) is 35.5. The number of benzene rings is 1. The minimum atomic E-state index is -0.396. The monoisotopic (exact) mass is 356 g/mol. The van der Waals surface area contributed by atoms with E-state index >= 15 is 0 Å². The van der Waals surface area contributed by atoms with Gasteiger partial charge in [-0.2, -0.15) is 0 Å². The van der Waals surface area contributed by atoms with Crippen molar-refractivity contribution < 1.29 is 19.2 Å². The Morgan fingerprint density at radius 3 is 2.42 bits per heavy atom. The Balaban J connectivity index is 1.46. The van der Waals surface area contributed by atoms with Gasteiger partial charge < -0.3 is 19.9 Å². The zero-order chi connectivity index (χ0) is 18.4. The first-order valence-corrected chi connectivity index (χ1v) is 8.49. The predicted octanol–water partition coefficient (Wildman–Crippen LogP) is -0.393. The molecule has 136 valence electrons. The molecule has 0 saturated carbocycles. The van der Waals surface area contributed by atoms with Crippen LogP contribution in [0.3, 0.4) is 0 Å². The van der Waals surface area contributed by atoms with Gasteiger partial charge in [0.15, 0.2) is 6.54 Å². The number of rotatable bonds is 5. The first-order chi connectivity index (χ1) is 12.7. The molecule has 1 aromatic carbocycles. The molecule has 0 spiro atoms. The molecule has 8 nitrogen and oxygen atoms in total. The van der Waals surface area contributed by atoms with E-state index in [1.807, 2.05) is 0 Å². The molecule has 2 heterocycles. The second-order valence-corrected chi connectivity index (χ2v) is 6.08. The topological polar surface area (TPSA) is 88.9 Å². The number of carbonyl (C=O) groups is 2. The molecular weight excluding hydrogens is 334 g/mol. The molecule has 1 aromatic heterocycles. The van der Waals surface area contributed by atoms with E-state index in [0.29, 0.717) is 17.8 Å². The summed E-state index contributed by atoms with van der Waals surface area (Å²) in [5.74, 6) is 0.296. The van der Waals surface area contributed by atoms with Crippen molar-refractivity contribution in [2.24, 2.45) is 0 Å². The lowest BCUT2D eigenvalue weighted by molar-refractivity contribution is -0.892. The van der Waals surface area contributed by atoms with E-state index < -0.39 is 5.97 Å². The third kappa shape index (κ3) is 4.54. The van der Waals surface area contributed by atoms with Crippen molar-refractivity contribution in [3.8, 4) is 0 Å². The third-order valence-electron chi connectivity index (χ3n) is 4.31. The maximum Gasteiger partial charge on any atom is 0.337 e. The van der Waals surface area contributed by atoms with E-state index in [1.54, 1.807) is 42.7 Å². The van der Waals surface area contributed by atoms with Crippen LogP contribution in [0.5, 0.6) is 0 Å². The van der Waals surface area contributed by atoms with Crippen molar-refractivity contribution in [2.45, 2.75) is 0 Å². The van der Waals surface area contributed by atoms with Gasteiger partial charge in [-0.15, -0.1) is 0 Å². The van der Waals surface area contributed by atoms with Crippen molar-refractivity contribution in [1.29, 1.82) is 0 Å². The van der Waals surface area contributed by atoms with E-state index in [2.05, 4.69) is 24.9 Å². The second kappa shape index (κ2) is 8.39. The molecule has 3 rings (SSSR count). The number of hydrogen-bond donors (Lipinski definition) is 2. The summed E-state index contributed by atoms with van der Waals surface area (Å²) >= 11 is 0. The van der Waals surface area contributed by atoms with Crippen LogP contribution < -0.4 is 15.1 Å². The average Bonchev–Trinajstić information content (AvgIpc) is 2.69. The van der Waals surface area contributed by atoms with Crippen molar-refractivity contribution in [3.05, 3.63) is 48.3 Å². The summed E-state index contributed by atoms with van der Waals surface area (Å²) in [6.07, 6.45) is 3.47. The molecule has 26 heavy (non-hydrogen) atoms. The van der Waals surface area contributed by atoms with Crippen LogP contribution in [-0.4, -0.2) is 61.7 Å². The molecule has 1 amide bonds. The molecule has 0 atom stereocenters. The van der Waals surface area contributed by atoms with Crippen molar-refractivity contribution >= 4 is 23.5 Å². The smallest absolute Gasteiger partial charge is 0.337 e. The molecule has 2 N–H and O–H groups in total. The summed E-state index contributed by atoms with van der Waals surface area (Å²) in [6, 6.07) is 8.46. The van der Waals surface area contributed by atoms with Gasteiger partial charge in [0.25, 0.3) is 5.91 Å². The lowest BCUT2D eigenvalue weighted by Crippen LogP contribution is -3.15. The zero-order valence-electron chi connectivity index (χ0n) is 14.6. The Hall–Kier alpha value is -3.00. The maximum atomic E-state index is 12.2. The van der Waals surface area contributed by atoms with Crippen molar-refractivity contribution in [1.82, 2.24) is 9.97 Å². The lowest BCUT2D eigenvalue weighted by atomic mass is 10.2. The largest absolute Gasteiger partial charge is 0.465 e. The lowest BCUT2D eigenvalue weighted by Gasteiger charge is -2.31. The molecule has 0 radical (unpaired) electrons. The highest BCUT2D eigenvalue weighted by Gasteiger charge is 2.23. The van der Waals surface area contributed by atoms with E-state index in [0.717, 1.165) is 32.1 Å². The van der Waals surface area contributed by atoms with Crippen molar-refractivity contribution in [3.63, 3.8) is 0 Å². The number of nitrogens with one attached hydrogen (secondary N) is 2. The maximum absolute atomic E-state index is 12.2. The van der Waals surface area contributed by atoms with Gasteiger partial charge in [-0.1, -0.05) is 0 Å². The predicted molar refractivity (Wildman–Crippen MR) is 96.2 cm³/mol. The molecule has 0 unspecified atom stereocenters. The van der Waals surface area contributed by atoms with E-state index in [9.17, 15) is 9.59 Å². The summed E-state index contributed by atoms with van der Waals surface area (Å²) < 4.78 is 4.66. The number of piperazine rings is 1. The number of methoxy groups -OCH3 is 1. The number of aromatic nitrogens is 2. The van der Waals surface area contributed by atoms with E-state index in [-0.39, 0.29) is 5.91 Å². The Labute approximate surface area is 151 Å². The number of nitrogens with zero attached hydrogens (tertiary/aromatic N) is 3. The highest BCUT2D eigenvalue weighted by molar-refractivity contribution is 5.93. The van der Waals surface area contributed by atoms with Gasteiger partial charge in [0.1, 0.15) is 0 Å². The Morgan fingerprint density at radius 1 is 1.15 bits per heavy atom. The van der Waals surface area contributed by atoms with Gasteiger partial charge in [0.05, 0.1) is 38.9 Å². The summed E-state index contributed by atoms with van der Waals surface area (Å²) in [7, 11) is 1.34. The van der Waals surface area contributed by atoms with Gasteiger partial charge >= 0.3 is 5.97 Å². The van der Waals surface area contributed by atoms with Crippen LogP contribution in [0.1, 0.15) is 10.4 Å². The fourth-order valence-corrected chi connectivity index (χ4v) is 2.89. The molecule has 8 heteroatoms. The minimum Gasteiger partial charge on any atom is -0.465 e. The molecule has 1 aliphatic heterocycles. The normalized spacial score (nSPS) is 14.7. The number of quaternary nitrogens is 1. The van der Waals surface area contributed by atoms with E-state index in [4.69, 9.17) is 0 Å². The van der Waals surface area contributed by atoms with Crippen LogP contribution in [0.4, 0.5) is 11.6 Å². The number of hydrogen-bond acceptors (Lipinski definition) is 6. The fraction of sp³-hybridized carbons (Fsp3) is 0.333. The van der Waals surface area contributed by atoms with Crippen molar-refractivity contribution in [2.75, 3.05) is 50.1 Å². The highest BCUT2D eigenvalue weighted by atomic mass is 16.5. The van der Waals surface area contributed by atoms with Crippen LogP contribution >= 0.6 is 0 Å².